The average Bonchev–Trinajstić information content (AvgIpc) is 2.43. The lowest BCUT2D eigenvalue weighted by atomic mass is 10.1. The maximum Gasteiger partial charge on any atom is 0.323 e. The molecule has 2 amide bonds. The molecule has 3 nitrogen and oxygen atoms in total. The van der Waals surface area contributed by atoms with Crippen molar-refractivity contribution >= 4 is 33.3 Å². The minimum Gasteiger partial charge on any atom is -0.308 e. The molecule has 0 aliphatic rings. The van der Waals surface area contributed by atoms with Crippen molar-refractivity contribution in [2.45, 2.75) is 13.3 Å². The Morgan fingerprint density at radius 2 is 1.85 bits per heavy atom. The van der Waals surface area contributed by atoms with Gasteiger partial charge in [-0.15, -0.1) is 0 Å². The number of benzene rings is 2. The second kappa shape index (κ2) is 6.52. The van der Waals surface area contributed by atoms with E-state index in [1.165, 1.54) is 23.8 Å². The Balaban J connectivity index is 2.01. The zero-order valence-corrected chi connectivity index (χ0v) is 12.5. The Labute approximate surface area is 125 Å². The number of anilines is 2. The normalized spacial score (nSPS) is 10.2. The molecular formula is C15H14BrFN2O. The van der Waals surface area contributed by atoms with Crippen molar-refractivity contribution in [3.8, 4) is 0 Å². The van der Waals surface area contributed by atoms with Gasteiger partial charge in [0.05, 0.1) is 5.69 Å². The van der Waals surface area contributed by atoms with E-state index in [9.17, 15) is 9.18 Å². The maximum atomic E-state index is 12.9. The van der Waals surface area contributed by atoms with Crippen LogP contribution in [0.3, 0.4) is 0 Å². The number of nitrogens with one attached hydrogen (secondary N) is 2. The molecule has 0 bridgehead atoms. The molecule has 0 saturated carbocycles. The zero-order chi connectivity index (χ0) is 14.5. The zero-order valence-electron chi connectivity index (χ0n) is 10.9. The first-order chi connectivity index (χ1) is 9.58. The van der Waals surface area contributed by atoms with Gasteiger partial charge in [-0.05, 0) is 58.2 Å². The van der Waals surface area contributed by atoms with Gasteiger partial charge in [-0.2, -0.15) is 0 Å². The Morgan fingerprint density at radius 1 is 1.15 bits per heavy atom. The van der Waals surface area contributed by atoms with Crippen molar-refractivity contribution in [2.75, 3.05) is 10.6 Å². The lowest BCUT2D eigenvalue weighted by Crippen LogP contribution is -2.19. The number of rotatable bonds is 3. The Bertz CT molecular complexity index is 614. The second-order valence-electron chi connectivity index (χ2n) is 4.25. The summed E-state index contributed by atoms with van der Waals surface area (Å²) in [6.45, 7) is 2.07. The fourth-order valence-electron chi connectivity index (χ4n) is 1.70. The number of hydrogen-bond donors (Lipinski definition) is 2. The van der Waals surface area contributed by atoms with Crippen molar-refractivity contribution in [1.29, 1.82) is 0 Å². The summed E-state index contributed by atoms with van der Waals surface area (Å²) in [4.78, 5) is 11.8. The van der Waals surface area contributed by atoms with Crippen LogP contribution in [0.1, 0.15) is 12.5 Å². The number of hydrogen-bond acceptors (Lipinski definition) is 1. The molecular weight excluding hydrogens is 323 g/mol. The monoisotopic (exact) mass is 336 g/mol. The summed E-state index contributed by atoms with van der Waals surface area (Å²) in [5.41, 5.74) is 2.42. The number of amides is 2. The van der Waals surface area contributed by atoms with E-state index < -0.39 is 0 Å². The lowest BCUT2D eigenvalue weighted by Gasteiger charge is -2.09. The molecule has 2 rings (SSSR count). The quantitative estimate of drug-likeness (QED) is 0.830. The van der Waals surface area contributed by atoms with Crippen LogP contribution >= 0.6 is 15.9 Å². The van der Waals surface area contributed by atoms with Crippen LogP contribution in [0.5, 0.6) is 0 Å². The molecule has 0 fully saturated rings. The number of halogens is 2. The summed E-state index contributed by atoms with van der Waals surface area (Å²) < 4.78 is 13.4. The van der Waals surface area contributed by atoms with E-state index in [0.29, 0.717) is 15.8 Å². The Hall–Kier alpha value is -1.88. The van der Waals surface area contributed by atoms with Gasteiger partial charge in [-0.25, -0.2) is 9.18 Å². The van der Waals surface area contributed by atoms with E-state index in [2.05, 4.69) is 33.5 Å². The fourth-order valence-corrected chi connectivity index (χ4v) is 2.15. The highest BCUT2D eigenvalue weighted by molar-refractivity contribution is 9.10. The van der Waals surface area contributed by atoms with Crippen LogP contribution in [0.15, 0.2) is 46.9 Å². The standard InChI is InChI=1S/C15H14BrFN2O/c1-2-10-3-6-12(7-4-10)18-15(20)19-14-8-5-11(17)9-13(14)16/h3-9H,2H2,1H3,(H2,18,19,20). The third-order valence-corrected chi connectivity index (χ3v) is 3.46. The molecule has 20 heavy (non-hydrogen) atoms. The molecule has 0 aromatic heterocycles. The van der Waals surface area contributed by atoms with Crippen molar-refractivity contribution in [3.05, 3.63) is 58.3 Å². The Kier molecular flexibility index (Phi) is 4.74. The molecule has 0 radical (unpaired) electrons. The van der Waals surface area contributed by atoms with Gasteiger partial charge in [0.15, 0.2) is 0 Å². The topological polar surface area (TPSA) is 41.1 Å². The average molecular weight is 337 g/mol. The fraction of sp³-hybridized carbons (Fsp3) is 0.133. The minimum atomic E-state index is -0.374. The molecule has 2 N–H and O–H groups in total. The predicted octanol–water partition coefficient (Wildman–Crippen LogP) is 4.79. The number of aryl methyl sites for hydroxylation is 1. The van der Waals surface area contributed by atoms with Crippen LogP contribution in [0.4, 0.5) is 20.6 Å². The van der Waals surface area contributed by atoms with Gasteiger partial charge < -0.3 is 10.6 Å². The lowest BCUT2D eigenvalue weighted by molar-refractivity contribution is 0.262. The van der Waals surface area contributed by atoms with E-state index in [1.54, 1.807) is 0 Å². The summed E-state index contributed by atoms with van der Waals surface area (Å²) in [5, 5.41) is 5.37. The van der Waals surface area contributed by atoms with Gasteiger partial charge in [0, 0.05) is 10.2 Å². The third-order valence-electron chi connectivity index (χ3n) is 2.80. The maximum absolute atomic E-state index is 12.9. The van der Waals surface area contributed by atoms with Crippen LogP contribution in [-0.2, 0) is 6.42 Å². The molecule has 0 atom stereocenters. The first kappa shape index (κ1) is 14.5. The van der Waals surface area contributed by atoms with E-state index >= 15 is 0 Å². The molecule has 0 saturated heterocycles. The molecule has 2 aromatic rings. The summed E-state index contributed by atoms with van der Waals surface area (Å²) in [7, 11) is 0. The summed E-state index contributed by atoms with van der Waals surface area (Å²) in [6, 6.07) is 11.3. The van der Waals surface area contributed by atoms with Crippen LogP contribution < -0.4 is 10.6 Å². The van der Waals surface area contributed by atoms with Gasteiger partial charge in [0.25, 0.3) is 0 Å². The predicted molar refractivity (Wildman–Crippen MR) is 82.6 cm³/mol. The number of carbonyl (C=O) groups excluding carboxylic acids is 1. The first-order valence-electron chi connectivity index (χ1n) is 6.20. The smallest absolute Gasteiger partial charge is 0.308 e. The molecule has 104 valence electrons. The number of carbonyl (C=O) groups is 1. The summed E-state index contributed by atoms with van der Waals surface area (Å²) in [6.07, 6.45) is 0.953. The SMILES string of the molecule is CCc1ccc(NC(=O)Nc2ccc(F)cc2Br)cc1. The Morgan fingerprint density at radius 3 is 2.45 bits per heavy atom. The third kappa shape index (κ3) is 3.81. The van der Waals surface area contributed by atoms with Crippen molar-refractivity contribution in [3.63, 3.8) is 0 Å². The highest BCUT2D eigenvalue weighted by Gasteiger charge is 2.06. The van der Waals surface area contributed by atoms with E-state index in [-0.39, 0.29) is 11.8 Å². The highest BCUT2D eigenvalue weighted by Crippen LogP contribution is 2.23. The van der Waals surface area contributed by atoms with Crippen LogP contribution in [0.2, 0.25) is 0 Å². The van der Waals surface area contributed by atoms with Crippen molar-refractivity contribution in [1.82, 2.24) is 0 Å². The largest absolute Gasteiger partial charge is 0.323 e. The second-order valence-corrected chi connectivity index (χ2v) is 5.11. The molecule has 0 aliphatic heterocycles. The first-order valence-corrected chi connectivity index (χ1v) is 7.00. The minimum absolute atomic E-state index is 0.363. The van der Waals surface area contributed by atoms with Crippen molar-refractivity contribution < 1.29 is 9.18 Å². The van der Waals surface area contributed by atoms with Crippen LogP contribution in [0, 0.1) is 5.82 Å². The number of urea groups is 1. The van der Waals surface area contributed by atoms with Crippen LogP contribution in [0.25, 0.3) is 0 Å². The van der Waals surface area contributed by atoms with Gasteiger partial charge in [0.1, 0.15) is 5.82 Å². The van der Waals surface area contributed by atoms with E-state index in [4.69, 9.17) is 0 Å². The molecule has 0 aliphatic carbocycles. The van der Waals surface area contributed by atoms with Gasteiger partial charge in [0.2, 0.25) is 0 Å². The molecule has 0 spiro atoms. The van der Waals surface area contributed by atoms with E-state index in [0.717, 1.165) is 6.42 Å². The van der Waals surface area contributed by atoms with Gasteiger partial charge >= 0.3 is 6.03 Å². The highest BCUT2D eigenvalue weighted by atomic mass is 79.9. The van der Waals surface area contributed by atoms with Gasteiger partial charge in [-0.3, -0.25) is 0 Å². The molecule has 5 heteroatoms. The van der Waals surface area contributed by atoms with Crippen LogP contribution in [-0.4, -0.2) is 6.03 Å². The molecule has 0 heterocycles. The van der Waals surface area contributed by atoms with Crippen molar-refractivity contribution in [2.24, 2.45) is 0 Å². The van der Waals surface area contributed by atoms with E-state index in [1.807, 2.05) is 24.3 Å². The van der Waals surface area contributed by atoms with Gasteiger partial charge in [-0.1, -0.05) is 19.1 Å². The molecule has 2 aromatic carbocycles. The molecule has 0 unspecified atom stereocenters. The summed E-state index contributed by atoms with van der Waals surface area (Å²) in [5.74, 6) is -0.363. The summed E-state index contributed by atoms with van der Waals surface area (Å²) >= 11 is 3.20.